The number of nitrogens with zero attached hydrogens (tertiary/aromatic N) is 2. The lowest BCUT2D eigenvalue weighted by atomic mass is 9.86. The normalized spacial score (nSPS) is 22.1. The smallest absolute Gasteiger partial charge is 0.306 e. The van der Waals surface area contributed by atoms with Gasteiger partial charge in [-0.2, -0.15) is 0 Å². The van der Waals surface area contributed by atoms with Crippen LogP contribution in [0.25, 0.3) is 11.0 Å². The minimum atomic E-state index is -0.671. The fourth-order valence-electron chi connectivity index (χ4n) is 2.82. The molecular formula is C15H16BrN3O2. The summed E-state index contributed by atoms with van der Waals surface area (Å²) < 4.78 is 0.911. The van der Waals surface area contributed by atoms with E-state index in [9.17, 15) is 4.79 Å². The van der Waals surface area contributed by atoms with Crippen LogP contribution in [0.5, 0.6) is 0 Å². The molecule has 0 radical (unpaired) electrons. The summed E-state index contributed by atoms with van der Waals surface area (Å²) in [6.45, 7) is 0. The van der Waals surface area contributed by atoms with Gasteiger partial charge in [-0.15, -0.1) is 0 Å². The molecule has 0 amide bonds. The van der Waals surface area contributed by atoms with Crippen LogP contribution in [0.15, 0.2) is 29.0 Å². The van der Waals surface area contributed by atoms with Gasteiger partial charge in [0.25, 0.3) is 0 Å². The molecule has 1 aromatic heterocycles. The van der Waals surface area contributed by atoms with Gasteiger partial charge in [-0.1, -0.05) is 0 Å². The third-order valence-electron chi connectivity index (χ3n) is 4.01. The van der Waals surface area contributed by atoms with Gasteiger partial charge in [0.05, 0.1) is 21.6 Å². The number of fused-ring (bicyclic) bond motifs is 1. The molecule has 0 bridgehead atoms. The van der Waals surface area contributed by atoms with Crippen molar-refractivity contribution in [1.29, 1.82) is 0 Å². The van der Waals surface area contributed by atoms with Gasteiger partial charge < -0.3 is 10.4 Å². The average Bonchev–Trinajstić information content (AvgIpc) is 2.51. The molecule has 1 saturated carbocycles. The number of nitrogens with one attached hydrogen (secondary N) is 1. The van der Waals surface area contributed by atoms with Crippen LogP contribution in [-0.4, -0.2) is 27.1 Å². The van der Waals surface area contributed by atoms with Crippen molar-refractivity contribution in [3.05, 3.63) is 29.0 Å². The van der Waals surface area contributed by atoms with Crippen molar-refractivity contribution in [2.45, 2.75) is 31.7 Å². The lowest BCUT2D eigenvalue weighted by molar-refractivity contribution is -0.142. The molecule has 110 valence electrons. The van der Waals surface area contributed by atoms with Gasteiger partial charge in [-0.25, -0.2) is 0 Å². The fraction of sp³-hybridized carbons (Fsp3) is 0.400. The predicted octanol–water partition coefficient (Wildman–Crippen LogP) is 3.45. The molecule has 2 N–H and O–H groups in total. The molecule has 0 unspecified atom stereocenters. The summed E-state index contributed by atoms with van der Waals surface area (Å²) in [7, 11) is 0. The maximum atomic E-state index is 11.0. The third-order valence-corrected chi connectivity index (χ3v) is 4.82. The Morgan fingerprint density at radius 3 is 2.62 bits per heavy atom. The Morgan fingerprint density at radius 1 is 1.19 bits per heavy atom. The van der Waals surface area contributed by atoms with Crippen LogP contribution >= 0.6 is 15.9 Å². The number of carboxylic acid groups (broad SMARTS) is 1. The van der Waals surface area contributed by atoms with Crippen molar-refractivity contribution in [2.24, 2.45) is 5.92 Å². The monoisotopic (exact) mass is 349 g/mol. The molecule has 0 aliphatic heterocycles. The average molecular weight is 350 g/mol. The number of hydrogen-bond donors (Lipinski definition) is 2. The predicted molar refractivity (Wildman–Crippen MR) is 84.2 cm³/mol. The highest BCUT2D eigenvalue weighted by Crippen LogP contribution is 2.32. The Balaban J connectivity index is 1.74. The molecule has 21 heavy (non-hydrogen) atoms. The first-order valence-corrected chi connectivity index (χ1v) is 7.83. The van der Waals surface area contributed by atoms with E-state index >= 15 is 0 Å². The summed E-state index contributed by atoms with van der Waals surface area (Å²) >= 11 is 3.58. The van der Waals surface area contributed by atoms with E-state index in [1.807, 2.05) is 12.1 Å². The second kappa shape index (κ2) is 5.97. The number of carbonyl (C=O) groups is 1. The van der Waals surface area contributed by atoms with Gasteiger partial charge in [0.2, 0.25) is 0 Å². The van der Waals surface area contributed by atoms with Crippen LogP contribution in [0.3, 0.4) is 0 Å². The van der Waals surface area contributed by atoms with E-state index in [2.05, 4.69) is 31.2 Å². The molecule has 3 rings (SSSR count). The summed E-state index contributed by atoms with van der Waals surface area (Å²) in [4.78, 5) is 19.6. The summed E-state index contributed by atoms with van der Waals surface area (Å²) in [5, 5.41) is 12.5. The molecule has 1 aliphatic carbocycles. The van der Waals surface area contributed by atoms with Crippen LogP contribution < -0.4 is 5.32 Å². The maximum Gasteiger partial charge on any atom is 0.306 e. The Labute approximate surface area is 130 Å². The summed E-state index contributed by atoms with van der Waals surface area (Å²) in [6, 6.07) is 4.24. The van der Waals surface area contributed by atoms with E-state index in [1.165, 1.54) is 0 Å². The number of hydrogen-bond acceptors (Lipinski definition) is 4. The molecule has 5 nitrogen and oxygen atoms in total. The van der Waals surface area contributed by atoms with E-state index in [4.69, 9.17) is 5.11 Å². The van der Waals surface area contributed by atoms with Crippen LogP contribution in [0.1, 0.15) is 25.7 Å². The van der Waals surface area contributed by atoms with E-state index in [1.54, 1.807) is 12.4 Å². The topological polar surface area (TPSA) is 75.1 Å². The van der Waals surface area contributed by atoms with Gasteiger partial charge in [0.15, 0.2) is 0 Å². The molecule has 1 fully saturated rings. The molecule has 6 heteroatoms. The van der Waals surface area contributed by atoms with Gasteiger partial charge in [0, 0.05) is 18.4 Å². The Kier molecular flexibility index (Phi) is 4.05. The molecule has 1 aromatic carbocycles. The second-order valence-electron chi connectivity index (χ2n) is 5.38. The van der Waals surface area contributed by atoms with Gasteiger partial charge in [0.1, 0.15) is 5.52 Å². The van der Waals surface area contributed by atoms with Crippen molar-refractivity contribution < 1.29 is 9.90 Å². The number of aromatic nitrogens is 2. The van der Waals surface area contributed by atoms with Gasteiger partial charge in [-0.3, -0.25) is 14.8 Å². The van der Waals surface area contributed by atoms with Crippen molar-refractivity contribution in [3.8, 4) is 0 Å². The fourth-order valence-corrected chi connectivity index (χ4v) is 3.37. The zero-order valence-electron chi connectivity index (χ0n) is 11.4. The van der Waals surface area contributed by atoms with Crippen LogP contribution in [0.4, 0.5) is 5.69 Å². The van der Waals surface area contributed by atoms with Crippen molar-refractivity contribution in [3.63, 3.8) is 0 Å². The SMILES string of the molecule is O=C(O)C1CCC(Nc2ccc3nccnc3c2Br)CC1. The van der Waals surface area contributed by atoms with E-state index < -0.39 is 5.97 Å². The number of anilines is 1. The molecular weight excluding hydrogens is 334 g/mol. The lowest BCUT2D eigenvalue weighted by Gasteiger charge is -2.28. The van der Waals surface area contributed by atoms with Crippen molar-refractivity contribution >= 4 is 38.6 Å². The number of halogens is 1. The Morgan fingerprint density at radius 2 is 1.90 bits per heavy atom. The minimum Gasteiger partial charge on any atom is -0.481 e. The third kappa shape index (κ3) is 3.00. The van der Waals surface area contributed by atoms with Crippen LogP contribution in [0, 0.1) is 5.92 Å². The number of rotatable bonds is 3. The van der Waals surface area contributed by atoms with E-state index in [0.29, 0.717) is 6.04 Å². The second-order valence-corrected chi connectivity index (χ2v) is 6.18. The first-order valence-electron chi connectivity index (χ1n) is 7.03. The van der Waals surface area contributed by atoms with Crippen molar-refractivity contribution in [1.82, 2.24) is 9.97 Å². The summed E-state index contributed by atoms with van der Waals surface area (Å²) in [5.74, 6) is -0.857. The van der Waals surface area contributed by atoms with Gasteiger partial charge in [-0.05, 0) is 53.7 Å². The van der Waals surface area contributed by atoms with Gasteiger partial charge >= 0.3 is 5.97 Å². The quantitative estimate of drug-likeness (QED) is 0.887. The number of carboxylic acids is 1. The highest BCUT2D eigenvalue weighted by atomic mass is 79.9. The van der Waals surface area contributed by atoms with E-state index in [0.717, 1.165) is 46.9 Å². The first kappa shape index (κ1) is 14.3. The highest BCUT2D eigenvalue weighted by Gasteiger charge is 2.26. The number of aliphatic carboxylic acids is 1. The van der Waals surface area contributed by atoms with Crippen LogP contribution in [0.2, 0.25) is 0 Å². The maximum absolute atomic E-state index is 11.0. The zero-order chi connectivity index (χ0) is 14.8. The summed E-state index contributed by atoms with van der Waals surface area (Å²) in [5.41, 5.74) is 2.67. The standard InChI is InChI=1S/C15H16BrN3O2/c16-13-11(5-6-12-14(13)18-8-7-17-12)19-10-3-1-9(2-4-10)15(20)21/h5-10,19H,1-4H2,(H,20,21). The Bertz CT molecular complexity index is 669. The minimum absolute atomic E-state index is 0.186. The molecule has 1 aliphatic rings. The molecule has 1 heterocycles. The lowest BCUT2D eigenvalue weighted by Crippen LogP contribution is -2.29. The highest BCUT2D eigenvalue weighted by molar-refractivity contribution is 9.10. The molecule has 0 saturated heterocycles. The largest absolute Gasteiger partial charge is 0.481 e. The molecule has 0 spiro atoms. The van der Waals surface area contributed by atoms with Crippen LogP contribution in [-0.2, 0) is 4.79 Å². The molecule has 0 atom stereocenters. The number of benzene rings is 1. The molecule has 2 aromatic rings. The zero-order valence-corrected chi connectivity index (χ0v) is 13.0. The first-order chi connectivity index (χ1) is 10.1. The van der Waals surface area contributed by atoms with Crippen molar-refractivity contribution in [2.75, 3.05) is 5.32 Å². The Hall–Kier alpha value is -1.69. The van der Waals surface area contributed by atoms with E-state index in [-0.39, 0.29) is 5.92 Å². The summed E-state index contributed by atoms with van der Waals surface area (Å²) in [6.07, 6.45) is 6.57.